The first-order valence-corrected chi connectivity index (χ1v) is 17.8. The number of benzene rings is 1. The summed E-state index contributed by atoms with van der Waals surface area (Å²) in [6.45, 7) is 7.38. The molecule has 2 N–H and O–H groups in total. The second-order valence-corrected chi connectivity index (χ2v) is 14.8. The molecule has 0 bridgehead atoms. The number of hydrogen-bond acceptors (Lipinski definition) is 10. The molecule has 12 nitrogen and oxygen atoms in total. The minimum atomic E-state index is -3.48. The first kappa shape index (κ1) is 32.9. The molecule has 6 rings (SSSR count). The molecule has 0 saturated carbocycles. The van der Waals surface area contributed by atoms with E-state index in [-0.39, 0.29) is 36.5 Å². The highest BCUT2D eigenvalue weighted by molar-refractivity contribution is 7.88. The number of nitrogens with zero attached hydrogens (tertiary/aromatic N) is 7. The molecule has 0 amide bonds. The standard InChI is InChI=1S/C33H42FN9O3S/c1-21-15-23(28-7-6-11-40(28)3)18-36-30(21)26-16-24-19-37-33(39-31(24)43(32(26)44)14-13-41(4)47(5,45)46)38-25-8-9-29(27(34)17-25)42-12-10-35-22(2)20-42/h8-9,15-19,22,28,35H,6-7,10-14,20H2,1-5H3,(H,37,38,39). The molecular weight excluding hydrogens is 621 g/mol. The Kier molecular flexibility index (Phi) is 9.29. The second-order valence-electron chi connectivity index (χ2n) is 12.7. The van der Waals surface area contributed by atoms with Gasteiger partial charge >= 0.3 is 0 Å². The fraction of sp³-hybridized carbons (Fsp3) is 0.455. The first-order valence-electron chi connectivity index (χ1n) is 15.9. The molecule has 2 saturated heterocycles. The average Bonchev–Trinajstić information content (AvgIpc) is 3.45. The second kappa shape index (κ2) is 13.3. The summed E-state index contributed by atoms with van der Waals surface area (Å²) in [7, 11) is 0.101. The van der Waals surface area contributed by atoms with Gasteiger partial charge in [-0.05, 0) is 75.7 Å². The van der Waals surface area contributed by atoms with Crippen molar-refractivity contribution in [2.75, 3.05) is 63.3 Å². The zero-order chi connectivity index (χ0) is 33.5. The number of aryl methyl sites for hydroxylation is 1. The number of fused-ring (bicyclic) bond motifs is 1. The lowest BCUT2D eigenvalue weighted by atomic mass is 10.0. The number of nitrogens with one attached hydrogen (secondary N) is 2. The minimum Gasteiger partial charge on any atom is -0.366 e. The van der Waals surface area contributed by atoms with Crippen molar-refractivity contribution in [3.05, 3.63) is 70.0 Å². The molecular formula is C33H42FN9O3S. The highest BCUT2D eigenvalue weighted by Crippen LogP contribution is 2.32. The Morgan fingerprint density at radius 2 is 1.96 bits per heavy atom. The lowest BCUT2D eigenvalue weighted by Crippen LogP contribution is -2.49. The first-order chi connectivity index (χ1) is 22.4. The molecule has 47 heavy (non-hydrogen) atoms. The number of pyridine rings is 2. The van der Waals surface area contributed by atoms with Crippen molar-refractivity contribution in [2.45, 2.75) is 45.3 Å². The van der Waals surface area contributed by atoms with Gasteiger partial charge in [-0.3, -0.25) is 19.2 Å². The summed E-state index contributed by atoms with van der Waals surface area (Å²) in [5, 5.41) is 7.02. The van der Waals surface area contributed by atoms with Gasteiger partial charge < -0.3 is 15.5 Å². The van der Waals surface area contributed by atoms with Gasteiger partial charge in [0, 0.05) is 75.3 Å². The summed E-state index contributed by atoms with van der Waals surface area (Å²) in [5.74, 6) is -0.180. The van der Waals surface area contributed by atoms with E-state index in [1.165, 1.54) is 22.0 Å². The Bertz CT molecular complexity index is 1970. The number of aromatic nitrogens is 4. The third-order valence-corrected chi connectivity index (χ3v) is 10.5. The van der Waals surface area contributed by atoms with Crippen molar-refractivity contribution in [3.8, 4) is 11.3 Å². The van der Waals surface area contributed by atoms with Crippen LogP contribution in [0.25, 0.3) is 22.3 Å². The Balaban J connectivity index is 1.35. The van der Waals surface area contributed by atoms with E-state index in [0.717, 1.165) is 43.3 Å². The molecule has 0 spiro atoms. The zero-order valence-electron chi connectivity index (χ0n) is 27.5. The van der Waals surface area contributed by atoms with Crippen molar-refractivity contribution in [3.63, 3.8) is 0 Å². The third kappa shape index (κ3) is 7.00. The van der Waals surface area contributed by atoms with Gasteiger partial charge in [-0.2, -0.15) is 4.98 Å². The predicted octanol–water partition coefficient (Wildman–Crippen LogP) is 3.50. The fourth-order valence-corrected chi connectivity index (χ4v) is 6.93. The lowest BCUT2D eigenvalue weighted by molar-refractivity contribution is 0.317. The molecule has 1 aromatic carbocycles. The summed E-state index contributed by atoms with van der Waals surface area (Å²) < 4.78 is 42.2. The molecule has 250 valence electrons. The van der Waals surface area contributed by atoms with Gasteiger partial charge in [-0.1, -0.05) is 6.07 Å². The normalized spacial score (nSPS) is 19.2. The zero-order valence-corrected chi connectivity index (χ0v) is 28.3. The van der Waals surface area contributed by atoms with Crippen molar-refractivity contribution < 1.29 is 12.8 Å². The topological polar surface area (TPSA) is 129 Å². The van der Waals surface area contributed by atoms with Gasteiger partial charge in [0.25, 0.3) is 5.56 Å². The number of likely N-dealkylation sites (N-methyl/N-ethyl adjacent to an activating group) is 1. The van der Waals surface area contributed by atoms with Crippen LogP contribution in [-0.2, 0) is 16.6 Å². The van der Waals surface area contributed by atoms with Crippen LogP contribution in [0.3, 0.4) is 0 Å². The number of sulfonamides is 1. The number of piperazine rings is 1. The van der Waals surface area contributed by atoms with Crippen molar-refractivity contribution in [1.82, 2.24) is 34.0 Å². The Morgan fingerprint density at radius 3 is 2.64 bits per heavy atom. The van der Waals surface area contributed by atoms with E-state index in [2.05, 4.69) is 45.5 Å². The largest absolute Gasteiger partial charge is 0.366 e. The number of likely N-dealkylation sites (tertiary alicyclic amines) is 1. The van der Waals surface area contributed by atoms with Crippen LogP contribution in [0.5, 0.6) is 0 Å². The van der Waals surface area contributed by atoms with Gasteiger partial charge in [0.2, 0.25) is 16.0 Å². The van der Waals surface area contributed by atoms with Crippen LogP contribution in [0.1, 0.15) is 36.9 Å². The molecule has 0 radical (unpaired) electrons. The molecule has 3 aromatic heterocycles. The third-order valence-electron chi connectivity index (χ3n) is 9.20. The highest BCUT2D eigenvalue weighted by Gasteiger charge is 2.25. The van der Waals surface area contributed by atoms with E-state index >= 15 is 4.39 Å². The maximum absolute atomic E-state index is 15.2. The molecule has 2 unspecified atom stereocenters. The van der Waals surface area contributed by atoms with Crippen LogP contribution in [0.15, 0.2) is 47.5 Å². The summed E-state index contributed by atoms with van der Waals surface area (Å²) in [6, 6.07) is 9.32. The number of rotatable bonds is 9. The fourth-order valence-electron chi connectivity index (χ4n) is 6.52. The lowest BCUT2D eigenvalue weighted by Gasteiger charge is -2.33. The van der Waals surface area contributed by atoms with Crippen molar-refractivity contribution >= 4 is 38.4 Å². The molecule has 2 fully saturated rings. The van der Waals surface area contributed by atoms with E-state index in [1.807, 2.05) is 18.0 Å². The SMILES string of the molecule is Cc1cc(C2CCCN2C)cnc1-c1cc2cnc(Nc3ccc(N4CCNC(C)C4)c(F)c3)nc2n(CCN(C)S(C)(=O)=O)c1=O. The van der Waals surface area contributed by atoms with Crippen LogP contribution in [0.2, 0.25) is 0 Å². The monoisotopic (exact) mass is 663 g/mol. The number of halogens is 1. The molecule has 5 heterocycles. The van der Waals surface area contributed by atoms with Crippen LogP contribution in [-0.4, -0.2) is 96.3 Å². The van der Waals surface area contributed by atoms with Crippen LogP contribution in [0, 0.1) is 12.7 Å². The molecule has 2 atom stereocenters. The Hall–Kier alpha value is -3.98. The van der Waals surface area contributed by atoms with Crippen LogP contribution >= 0.6 is 0 Å². The van der Waals surface area contributed by atoms with Gasteiger partial charge in [0.15, 0.2) is 0 Å². The molecule has 4 aromatic rings. The Morgan fingerprint density at radius 1 is 1.15 bits per heavy atom. The predicted molar refractivity (Wildman–Crippen MR) is 183 cm³/mol. The maximum Gasteiger partial charge on any atom is 0.261 e. The summed E-state index contributed by atoms with van der Waals surface area (Å²) in [5.41, 5.74) is 3.91. The number of anilines is 3. The summed E-state index contributed by atoms with van der Waals surface area (Å²) in [6.07, 6.45) is 6.77. The molecule has 2 aliphatic heterocycles. The Labute approximate surface area is 274 Å². The molecule has 2 aliphatic rings. The molecule has 0 aliphatic carbocycles. The highest BCUT2D eigenvalue weighted by atomic mass is 32.2. The summed E-state index contributed by atoms with van der Waals surface area (Å²) >= 11 is 0. The van der Waals surface area contributed by atoms with Gasteiger partial charge in [-0.25, -0.2) is 22.1 Å². The van der Waals surface area contributed by atoms with Crippen molar-refractivity contribution in [2.24, 2.45) is 0 Å². The van der Waals surface area contributed by atoms with E-state index in [0.29, 0.717) is 52.8 Å². The average molecular weight is 664 g/mol. The molecule has 14 heteroatoms. The van der Waals surface area contributed by atoms with E-state index in [9.17, 15) is 13.2 Å². The summed E-state index contributed by atoms with van der Waals surface area (Å²) in [4.78, 5) is 32.4. The smallest absolute Gasteiger partial charge is 0.261 e. The minimum absolute atomic E-state index is 0.0552. The van der Waals surface area contributed by atoms with Crippen molar-refractivity contribution in [1.29, 1.82) is 0 Å². The van der Waals surface area contributed by atoms with Crippen LogP contribution in [0.4, 0.5) is 21.7 Å². The van der Waals surface area contributed by atoms with Crippen LogP contribution < -0.4 is 21.1 Å². The quantitative estimate of drug-likeness (QED) is 0.275. The van der Waals surface area contributed by atoms with Gasteiger partial charge in [0.05, 0.1) is 23.2 Å². The van der Waals surface area contributed by atoms with Gasteiger partial charge in [0.1, 0.15) is 11.5 Å². The van der Waals surface area contributed by atoms with E-state index < -0.39 is 10.0 Å². The van der Waals surface area contributed by atoms with Gasteiger partial charge in [-0.15, -0.1) is 0 Å². The number of hydrogen-bond donors (Lipinski definition) is 2. The van der Waals surface area contributed by atoms with E-state index in [1.54, 1.807) is 24.4 Å². The van der Waals surface area contributed by atoms with E-state index in [4.69, 9.17) is 4.98 Å². The maximum atomic E-state index is 15.2.